The van der Waals surface area contributed by atoms with E-state index in [0.29, 0.717) is 0 Å². The van der Waals surface area contributed by atoms with Gasteiger partial charge in [-0.05, 0) is 37.3 Å². The third-order valence-corrected chi connectivity index (χ3v) is 4.32. The molecule has 0 unspecified atom stereocenters. The molecule has 0 saturated carbocycles. The third kappa shape index (κ3) is 3.66. The van der Waals surface area contributed by atoms with Gasteiger partial charge in [-0.25, -0.2) is 17.2 Å². The molecule has 0 aliphatic rings. The van der Waals surface area contributed by atoms with E-state index in [2.05, 4.69) is 4.72 Å². The zero-order valence-corrected chi connectivity index (χ0v) is 13.0. The van der Waals surface area contributed by atoms with Gasteiger partial charge in [0.25, 0.3) is 10.0 Å². The Balaban J connectivity index is 2.31. The van der Waals surface area contributed by atoms with Crippen LogP contribution >= 0.6 is 11.6 Å². The number of hydrogen-bond acceptors (Lipinski definition) is 3. The van der Waals surface area contributed by atoms with E-state index >= 15 is 0 Å². The lowest BCUT2D eigenvalue weighted by atomic mass is 10.3. The number of anilines is 1. The Hall–Kier alpha value is -1.86. The van der Waals surface area contributed by atoms with E-state index in [1.165, 1.54) is 18.2 Å². The van der Waals surface area contributed by atoms with Gasteiger partial charge in [-0.1, -0.05) is 11.6 Å². The van der Waals surface area contributed by atoms with Gasteiger partial charge in [0, 0.05) is 11.1 Å². The van der Waals surface area contributed by atoms with E-state index in [9.17, 15) is 17.2 Å². The Morgan fingerprint density at radius 1 is 1.14 bits per heavy atom. The molecule has 0 amide bonds. The molecule has 0 fully saturated rings. The molecule has 0 heterocycles. The van der Waals surface area contributed by atoms with Crippen LogP contribution in [-0.2, 0) is 10.0 Å². The summed E-state index contributed by atoms with van der Waals surface area (Å²) >= 11 is 5.58. The fourth-order valence-corrected chi connectivity index (χ4v) is 3.01. The summed E-state index contributed by atoms with van der Waals surface area (Å²) in [5.41, 5.74) is -0.0460. The van der Waals surface area contributed by atoms with Gasteiger partial charge in [0.1, 0.15) is 10.7 Å². The molecule has 0 saturated heterocycles. The zero-order valence-electron chi connectivity index (χ0n) is 11.4. The molecule has 0 spiro atoms. The van der Waals surface area contributed by atoms with Crippen molar-refractivity contribution in [2.75, 3.05) is 11.3 Å². The normalized spacial score (nSPS) is 11.3. The van der Waals surface area contributed by atoms with Crippen molar-refractivity contribution in [3.05, 3.63) is 53.1 Å². The molecular formula is C14H12ClF2NO3S. The van der Waals surface area contributed by atoms with Crippen molar-refractivity contribution in [3.8, 4) is 5.75 Å². The number of hydrogen-bond donors (Lipinski definition) is 1. The van der Waals surface area contributed by atoms with Crippen molar-refractivity contribution in [2.24, 2.45) is 0 Å². The second-order valence-corrected chi connectivity index (χ2v) is 6.35. The van der Waals surface area contributed by atoms with Crippen molar-refractivity contribution in [1.29, 1.82) is 0 Å². The summed E-state index contributed by atoms with van der Waals surface area (Å²) in [6.45, 7) is 1.97. The van der Waals surface area contributed by atoms with Gasteiger partial charge >= 0.3 is 0 Å². The van der Waals surface area contributed by atoms with Crippen LogP contribution in [0.3, 0.4) is 0 Å². The van der Waals surface area contributed by atoms with E-state index in [0.717, 1.165) is 18.2 Å². The molecule has 8 heteroatoms. The van der Waals surface area contributed by atoms with Gasteiger partial charge < -0.3 is 4.74 Å². The summed E-state index contributed by atoms with van der Waals surface area (Å²) < 4.78 is 58.7. The second-order valence-electron chi connectivity index (χ2n) is 4.26. The second kappa shape index (κ2) is 6.50. The lowest BCUT2D eigenvalue weighted by molar-refractivity contribution is 0.321. The minimum absolute atomic E-state index is 0.00289. The van der Waals surface area contributed by atoms with Crippen LogP contribution in [0.4, 0.5) is 14.5 Å². The third-order valence-electron chi connectivity index (χ3n) is 2.67. The van der Waals surface area contributed by atoms with E-state index in [4.69, 9.17) is 16.3 Å². The molecule has 0 radical (unpaired) electrons. The van der Waals surface area contributed by atoms with Gasteiger partial charge in [0.05, 0.1) is 12.3 Å². The van der Waals surface area contributed by atoms with E-state index in [1.54, 1.807) is 6.92 Å². The monoisotopic (exact) mass is 347 g/mol. The largest absolute Gasteiger partial charge is 0.491 e. The molecule has 0 bridgehead atoms. The van der Waals surface area contributed by atoms with Gasteiger partial charge in [-0.2, -0.15) is 0 Å². The summed E-state index contributed by atoms with van der Waals surface area (Å²) in [6, 6.07) is 6.72. The quantitative estimate of drug-likeness (QED) is 0.894. The highest BCUT2D eigenvalue weighted by atomic mass is 35.5. The Labute approximate surface area is 131 Å². The highest BCUT2D eigenvalue weighted by Gasteiger charge is 2.20. The molecule has 0 aliphatic carbocycles. The van der Waals surface area contributed by atoms with Crippen molar-refractivity contribution < 1.29 is 21.9 Å². The van der Waals surface area contributed by atoms with Crippen molar-refractivity contribution in [3.63, 3.8) is 0 Å². The van der Waals surface area contributed by atoms with Crippen LogP contribution in [0.25, 0.3) is 0 Å². The van der Waals surface area contributed by atoms with Gasteiger partial charge in [-0.3, -0.25) is 4.72 Å². The molecule has 0 atom stereocenters. The first-order valence-corrected chi connectivity index (χ1v) is 8.10. The summed E-state index contributed by atoms with van der Waals surface area (Å²) in [5.74, 6) is -1.71. The zero-order chi connectivity index (χ0) is 16.3. The predicted molar refractivity (Wildman–Crippen MR) is 79.8 cm³/mol. The molecule has 2 aromatic carbocycles. The smallest absolute Gasteiger partial charge is 0.264 e. The molecule has 1 N–H and O–H groups in total. The Morgan fingerprint density at radius 3 is 2.45 bits per heavy atom. The van der Waals surface area contributed by atoms with Gasteiger partial charge in [0.15, 0.2) is 11.6 Å². The lowest BCUT2D eigenvalue weighted by Gasteiger charge is -2.10. The topological polar surface area (TPSA) is 55.4 Å². The SMILES string of the molecule is CCOc1ccc(NS(=O)(=O)c2ccc(Cl)cc2F)cc1F. The Bertz CT molecular complexity index is 797. The van der Waals surface area contributed by atoms with Crippen LogP contribution in [-0.4, -0.2) is 15.0 Å². The standard InChI is InChI=1S/C14H12ClF2NO3S/c1-2-21-13-5-4-10(8-11(13)16)18-22(19,20)14-6-3-9(15)7-12(14)17/h3-8,18H,2H2,1H3. The van der Waals surface area contributed by atoms with Crippen molar-refractivity contribution in [1.82, 2.24) is 0 Å². The molecule has 2 aromatic rings. The molecular weight excluding hydrogens is 336 g/mol. The highest BCUT2D eigenvalue weighted by molar-refractivity contribution is 7.92. The van der Waals surface area contributed by atoms with Crippen LogP contribution in [0.15, 0.2) is 41.3 Å². The highest BCUT2D eigenvalue weighted by Crippen LogP contribution is 2.25. The number of benzene rings is 2. The van der Waals surface area contributed by atoms with E-state index in [1.807, 2.05) is 0 Å². The van der Waals surface area contributed by atoms with E-state index < -0.39 is 26.6 Å². The molecule has 0 aromatic heterocycles. The summed E-state index contributed by atoms with van der Waals surface area (Å²) in [4.78, 5) is -0.578. The van der Waals surface area contributed by atoms with Gasteiger partial charge in [0.2, 0.25) is 0 Å². The first kappa shape index (κ1) is 16.5. The molecule has 22 heavy (non-hydrogen) atoms. The molecule has 2 rings (SSSR count). The summed E-state index contributed by atoms with van der Waals surface area (Å²) in [7, 11) is -4.19. The number of rotatable bonds is 5. The maximum Gasteiger partial charge on any atom is 0.264 e. The predicted octanol–water partition coefficient (Wildman–Crippen LogP) is 3.82. The summed E-state index contributed by atoms with van der Waals surface area (Å²) in [6.07, 6.45) is 0. The lowest BCUT2D eigenvalue weighted by Crippen LogP contribution is -2.14. The Morgan fingerprint density at radius 2 is 1.86 bits per heavy atom. The summed E-state index contributed by atoms with van der Waals surface area (Å²) in [5, 5.41) is 0.0727. The van der Waals surface area contributed by atoms with Crippen LogP contribution in [0, 0.1) is 11.6 Å². The molecule has 118 valence electrons. The molecule has 0 aliphatic heterocycles. The van der Waals surface area contributed by atoms with Crippen molar-refractivity contribution >= 4 is 27.3 Å². The van der Waals surface area contributed by atoms with Crippen LogP contribution < -0.4 is 9.46 Å². The fraction of sp³-hybridized carbons (Fsp3) is 0.143. The fourth-order valence-electron chi connectivity index (χ4n) is 1.74. The number of nitrogens with one attached hydrogen (secondary N) is 1. The number of halogens is 3. The minimum Gasteiger partial charge on any atom is -0.491 e. The first-order valence-electron chi connectivity index (χ1n) is 6.23. The first-order chi connectivity index (χ1) is 10.3. The van der Waals surface area contributed by atoms with Gasteiger partial charge in [-0.15, -0.1) is 0 Å². The average Bonchev–Trinajstić information content (AvgIpc) is 2.41. The maximum atomic E-state index is 13.7. The number of sulfonamides is 1. The maximum absolute atomic E-state index is 13.7. The minimum atomic E-state index is -4.19. The van der Waals surface area contributed by atoms with E-state index in [-0.39, 0.29) is 23.1 Å². The molecule has 4 nitrogen and oxygen atoms in total. The van der Waals surface area contributed by atoms with Crippen LogP contribution in [0.1, 0.15) is 6.92 Å². The van der Waals surface area contributed by atoms with Crippen molar-refractivity contribution in [2.45, 2.75) is 11.8 Å². The van der Waals surface area contributed by atoms with Crippen LogP contribution in [0.2, 0.25) is 5.02 Å². The van der Waals surface area contributed by atoms with Crippen LogP contribution in [0.5, 0.6) is 5.75 Å². The number of ether oxygens (including phenoxy) is 1. The Kier molecular flexibility index (Phi) is 4.87. The average molecular weight is 348 g/mol.